The van der Waals surface area contributed by atoms with Gasteiger partial charge in [0.2, 0.25) is 5.95 Å². The molecule has 0 amide bonds. The average molecular weight is 370 g/mol. The third-order valence-electron chi connectivity index (χ3n) is 4.49. The molecule has 4 rings (SSSR count). The van der Waals surface area contributed by atoms with Crippen molar-refractivity contribution in [1.82, 2.24) is 19.9 Å². The Hall–Kier alpha value is -2.81. The van der Waals surface area contributed by atoms with E-state index in [9.17, 15) is 4.79 Å². The molecule has 0 aromatic carbocycles. The summed E-state index contributed by atoms with van der Waals surface area (Å²) in [7, 11) is 1.39. The molecule has 1 aliphatic heterocycles. The van der Waals surface area contributed by atoms with Gasteiger partial charge in [-0.3, -0.25) is 0 Å². The molecule has 0 spiro atoms. The van der Waals surface area contributed by atoms with Gasteiger partial charge in [0.05, 0.1) is 12.5 Å². The van der Waals surface area contributed by atoms with E-state index in [2.05, 4.69) is 29.7 Å². The molecule has 4 heterocycles. The summed E-state index contributed by atoms with van der Waals surface area (Å²) in [5.74, 6) is 1.29. The summed E-state index contributed by atoms with van der Waals surface area (Å²) in [4.78, 5) is 35.3. The molecule has 0 aliphatic carbocycles. The normalized spacial score (nSPS) is 14.7. The largest absolute Gasteiger partial charge is 0.465 e. The number of thiophene rings is 1. The average Bonchev–Trinajstić information content (AvgIpc) is 3.05. The molecule has 1 saturated heterocycles. The van der Waals surface area contributed by atoms with E-state index in [0.717, 1.165) is 53.7 Å². The van der Waals surface area contributed by atoms with Crippen molar-refractivity contribution in [2.45, 2.75) is 6.92 Å². The molecule has 0 bridgehead atoms. The number of methoxy groups -OCH3 is 1. The third-order valence-corrected chi connectivity index (χ3v) is 5.67. The minimum atomic E-state index is -0.331. The Kier molecular flexibility index (Phi) is 4.37. The number of aryl methyl sites for hydroxylation is 1. The van der Waals surface area contributed by atoms with Gasteiger partial charge in [-0.2, -0.15) is 0 Å². The summed E-state index contributed by atoms with van der Waals surface area (Å²) in [6, 6.07) is 1.82. The molecule has 26 heavy (non-hydrogen) atoms. The smallest absolute Gasteiger partial charge is 0.348 e. The topological polar surface area (TPSA) is 84.3 Å². The lowest BCUT2D eigenvalue weighted by atomic mass is 10.2. The van der Waals surface area contributed by atoms with Gasteiger partial charge in [0.1, 0.15) is 21.9 Å². The summed E-state index contributed by atoms with van der Waals surface area (Å²) < 4.78 is 4.88. The van der Waals surface area contributed by atoms with Gasteiger partial charge in [-0.15, -0.1) is 11.3 Å². The molecule has 3 aromatic rings. The predicted molar refractivity (Wildman–Crippen MR) is 99.9 cm³/mol. The van der Waals surface area contributed by atoms with Crippen molar-refractivity contribution in [2.24, 2.45) is 0 Å². The minimum absolute atomic E-state index is 0.331. The van der Waals surface area contributed by atoms with Crippen molar-refractivity contribution < 1.29 is 9.53 Å². The maximum Gasteiger partial charge on any atom is 0.348 e. The zero-order chi connectivity index (χ0) is 18.1. The van der Waals surface area contributed by atoms with E-state index in [0.29, 0.717) is 4.88 Å². The zero-order valence-corrected chi connectivity index (χ0v) is 15.4. The van der Waals surface area contributed by atoms with Gasteiger partial charge in [0.25, 0.3) is 0 Å². The number of piperazine rings is 1. The molecule has 3 aromatic heterocycles. The van der Waals surface area contributed by atoms with Crippen LogP contribution in [0.3, 0.4) is 0 Å². The van der Waals surface area contributed by atoms with E-state index < -0.39 is 0 Å². The first-order valence-electron chi connectivity index (χ1n) is 8.28. The molecule has 0 atom stereocenters. The van der Waals surface area contributed by atoms with Crippen molar-refractivity contribution >= 4 is 39.3 Å². The minimum Gasteiger partial charge on any atom is -0.465 e. The maximum absolute atomic E-state index is 12.0. The molecule has 9 heteroatoms. The van der Waals surface area contributed by atoms with Crippen LogP contribution in [0.25, 0.3) is 10.2 Å². The van der Waals surface area contributed by atoms with Crippen LogP contribution in [0.1, 0.15) is 15.2 Å². The van der Waals surface area contributed by atoms with Crippen LogP contribution in [-0.2, 0) is 4.74 Å². The highest BCUT2D eigenvalue weighted by molar-refractivity contribution is 7.20. The molecule has 0 unspecified atom stereocenters. The van der Waals surface area contributed by atoms with E-state index in [1.807, 2.05) is 13.0 Å². The number of anilines is 2. The van der Waals surface area contributed by atoms with Crippen LogP contribution in [0.5, 0.6) is 0 Å². The highest BCUT2D eigenvalue weighted by Gasteiger charge is 2.25. The van der Waals surface area contributed by atoms with Crippen LogP contribution < -0.4 is 9.80 Å². The Balaban J connectivity index is 1.62. The number of ether oxygens (including phenoxy) is 1. The third kappa shape index (κ3) is 2.84. The fourth-order valence-corrected chi connectivity index (χ4v) is 4.21. The SMILES string of the molecule is COC(=O)c1sc2ncnc(N3CCN(c4ncccn4)CC3)c2c1C. The fourth-order valence-electron chi connectivity index (χ4n) is 3.15. The molecule has 1 fully saturated rings. The van der Waals surface area contributed by atoms with Gasteiger partial charge in [0, 0.05) is 38.6 Å². The second-order valence-electron chi connectivity index (χ2n) is 5.95. The molecule has 8 nitrogen and oxygen atoms in total. The van der Waals surface area contributed by atoms with Crippen molar-refractivity contribution in [2.75, 3.05) is 43.1 Å². The summed E-state index contributed by atoms with van der Waals surface area (Å²) in [5, 5.41) is 0.933. The Morgan fingerprint density at radius 1 is 1.08 bits per heavy atom. The first-order valence-corrected chi connectivity index (χ1v) is 9.10. The fraction of sp³-hybridized carbons (Fsp3) is 0.353. The van der Waals surface area contributed by atoms with Crippen LogP contribution >= 0.6 is 11.3 Å². The first kappa shape index (κ1) is 16.6. The lowest BCUT2D eigenvalue weighted by Gasteiger charge is -2.35. The van der Waals surface area contributed by atoms with Crippen molar-refractivity contribution in [3.05, 3.63) is 35.2 Å². The molecule has 0 N–H and O–H groups in total. The molecule has 1 aliphatic rings. The summed E-state index contributed by atoms with van der Waals surface area (Å²) in [6.45, 7) is 5.14. The van der Waals surface area contributed by atoms with Crippen LogP contribution in [-0.4, -0.2) is 59.2 Å². The number of aromatic nitrogens is 4. The van der Waals surface area contributed by atoms with Crippen molar-refractivity contribution in [3.63, 3.8) is 0 Å². The van der Waals surface area contributed by atoms with Gasteiger partial charge >= 0.3 is 5.97 Å². The number of hydrogen-bond donors (Lipinski definition) is 0. The molecular weight excluding hydrogens is 352 g/mol. The van der Waals surface area contributed by atoms with E-state index in [1.54, 1.807) is 18.7 Å². The van der Waals surface area contributed by atoms with E-state index >= 15 is 0 Å². The number of rotatable bonds is 3. The first-order chi connectivity index (χ1) is 12.7. The number of fused-ring (bicyclic) bond motifs is 1. The van der Waals surface area contributed by atoms with Gasteiger partial charge < -0.3 is 14.5 Å². The summed E-state index contributed by atoms with van der Waals surface area (Å²) in [5.41, 5.74) is 0.876. The molecule has 0 saturated carbocycles. The van der Waals surface area contributed by atoms with Crippen LogP contribution in [0.2, 0.25) is 0 Å². The molecule has 134 valence electrons. The van der Waals surface area contributed by atoms with Gasteiger partial charge in [-0.1, -0.05) is 0 Å². The Morgan fingerprint density at radius 2 is 1.77 bits per heavy atom. The number of carbonyl (C=O) groups is 1. The lowest BCUT2D eigenvalue weighted by Crippen LogP contribution is -2.47. The van der Waals surface area contributed by atoms with Crippen molar-refractivity contribution in [1.29, 1.82) is 0 Å². The molecule has 0 radical (unpaired) electrons. The Morgan fingerprint density at radius 3 is 2.46 bits per heavy atom. The standard InChI is InChI=1S/C17H18N6O2S/c1-11-12-14(20-10-21-15(12)26-13(11)16(24)25-2)22-6-8-23(9-7-22)17-18-4-3-5-19-17/h3-5,10H,6-9H2,1-2H3. The van der Waals surface area contributed by atoms with Gasteiger partial charge in [-0.05, 0) is 18.6 Å². The summed E-state index contributed by atoms with van der Waals surface area (Å²) >= 11 is 1.35. The zero-order valence-electron chi connectivity index (χ0n) is 14.5. The lowest BCUT2D eigenvalue weighted by molar-refractivity contribution is 0.0605. The van der Waals surface area contributed by atoms with E-state index in [-0.39, 0.29) is 5.97 Å². The number of esters is 1. The molecular formula is C17H18N6O2S. The monoisotopic (exact) mass is 370 g/mol. The quantitative estimate of drug-likeness (QED) is 0.647. The number of carbonyl (C=O) groups excluding carboxylic acids is 1. The van der Waals surface area contributed by atoms with Crippen LogP contribution in [0.4, 0.5) is 11.8 Å². The summed E-state index contributed by atoms with van der Waals surface area (Å²) in [6.07, 6.45) is 5.07. The Bertz CT molecular complexity index is 937. The van der Waals surface area contributed by atoms with Gasteiger partial charge in [-0.25, -0.2) is 24.7 Å². The van der Waals surface area contributed by atoms with Crippen molar-refractivity contribution in [3.8, 4) is 0 Å². The highest BCUT2D eigenvalue weighted by Crippen LogP contribution is 2.35. The second kappa shape index (κ2) is 6.83. The van der Waals surface area contributed by atoms with E-state index in [4.69, 9.17) is 4.74 Å². The number of hydrogen-bond acceptors (Lipinski definition) is 9. The van der Waals surface area contributed by atoms with Crippen LogP contribution in [0, 0.1) is 6.92 Å². The second-order valence-corrected chi connectivity index (χ2v) is 6.95. The van der Waals surface area contributed by atoms with E-state index in [1.165, 1.54) is 18.4 Å². The highest BCUT2D eigenvalue weighted by atomic mass is 32.1. The maximum atomic E-state index is 12.0. The Labute approximate surface area is 154 Å². The van der Waals surface area contributed by atoms with Crippen LogP contribution in [0.15, 0.2) is 24.8 Å². The predicted octanol–water partition coefficient (Wildman–Crippen LogP) is 1.90. The van der Waals surface area contributed by atoms with Gasteiger partial charge in [0.15, 0.2) is 0 Å². The number of nitrogens with zero attached hydrogens (tertiary/aromatic N) is 6.